The first-order valence-corrected chi connectivity index (χ1v) is 3.95. The molecule has 0 aromatic heterocycles. The van der Waals surface area contributed by atoms with Gasteiger partial charge >= 0.3 is 0 Å². The van der Waals surface area contributed by atoms with Crippen molar-refractivity contribution in [3.8, 4) is 0 Å². The SMILES string of the molecule is CC1CC1C(N)CCC=O. The Morgan fingerprint density at radius 3 is 2.80 bits per heavy atom. The van der Waals surface area contributed by atoms with Gasteiger partial charge in [-0.1, -0.05) is 6.92 Å². The first kappa shape index (κ1) is 7.73. The van der Waals surface area contributed by atoms with Gasteiger partial charge in [-0.25, -0.2) is 0 Å². The van der Waals surface area contributed by atoms with Crippen LogP contribution in [0.1, 0.15) is 26.2 Å². The highest BCUT2D eigenvalue weighted by Gasteiger charge is 2.36. The largest absolute Gasteiger partial charge is 0.327 e. The minimum absolute atomic E-state index is 0.278. The van der Waals surface area contributed by atoms with E-state index >= 15 is 0 Å². The zero-order valence-electron chi connectivity index (χ0n) is 6.42. The smallest absolute Gasteiger partial charge is 0.120 e. The molecular weight excluding hydrogens is 126 g/mol. The molecule has 0 aromatic carbocycles. The molecule has 0 aliphatic heterocycles. The van der Waals surface area contributed by atoms with E-state index in [1.165, 1.54) is 6.42 Å². The Hall–Kier alpha value is -0.370. The van der Waals surface area contributed by atoms with Crippen LogP contribution in [0.4, 0.5) is 0 Å². The van der Waals surface area contributed by atoms with Gasteiger partial charge < -0.3 is 10.5 Å². The normalized spacial score (nSPS) is 33.4. The lowest BCUT2D eigenvalue weighted by Gasteiger charge is -2.06. The summed E-state index contributed by atoms with van der Waals surface area (Å²) in [4.78, 5) is 9.98. The average molecular weight is 141 g/mol. The zero-order valence-corrected chi connectivity index (χ0v) is 6.42. The molecule has 1 rings (SSSR count). The Kier molecular flexibility index (Phi) is 2.44. The van der Waals surface area contributed by atoms with Crippen LogP contribution in [0.5, 0.6) is 0 Å². The number of carbonyl (C=O) groups is 1. The van der Waals surface area contributed by atoms with Gasteiger partial charge in [0.1, 0.15) is 6.29 Å². The van der Waals surface area contributed by atoms with E-state index in [4.69, 9.17) is 5.73 Å². The van der Waals surface area contributed by atoms with Gasteiger partial charge in [-0.2, -0.15) is 0 Å². The summed E-state index contributed by atoms with van der Waals surface area (Å²) in [6.07, 6.45) is 3.72. The molecule has 1 aliphatic rings. The van der Waals surface area contributed by atoms with Crippen molar-refractivity contribution in [1.29, 1.82) is 0 Å². The lowest BCUT2D eigenvalue weighted by atomic mass is 10.1. The fraction of sp³-hybridized carbons (Fsp3) is 0.875. The minimum Gasteiger partial charge on any atom is -0.327 e. The van der Waals surface area contributed by atoms with Gasteiger partial charge in [0.05, 0.1) is 0 Å². The molecule has 2 N–H and O–H groups in total. The minimum atomic E-state index is 0.278. The van der Waals surface area contributed by atoms with Crippen molar-refractivity contribution in [2.24, 2.45) is 17.6 Å². The van der Waals surface area contributed by atoms with E-state index in [0.717, 1.165) is 18.6 Å². The van der Waals surface area contributed by atoms with Gasteiger partial charge in [0.15, 0.2) is 0 Å². The summed E-state index contributed by atoms with van der Waals surface area (Å²) in [6, 6.07) is 0.278. The maximum absolute atomic E-state index is 9.98. The van der Waals surface area contributed by atoms with Crippen LogP contribution in [0.3, 0.4) is 0 Å². The van der Waals surface area contributed by atoms with E-state index < -0.39 is 0 Å². The summed E-state index contributed by atoms with van der Waals surface area (Å²) in [7, 11) is 0. The van der Waals surface area contributed by atoms with E-state index in [9.17, 15) is 4.79 Å². The van der Waals surface area contributed by atoms with Crippen molar-refractivity contribution in [3.63, 3.8) is 0 Å². The fourth-order valence-electron chi connectivity index (χ4n) is 1.42. The first-order valence-electron chi connectivity index (χ1n) is 3.95. The van der Waals surface area contributed by atoms with Crippen LogP contribution >= 0.6 is 0 Å². The van der Waals surface area contributed by atoms with E-state index in [1.54, 1.807) is 0 Å². The predicted octanol–water partition coefficient (Wildman–Crippen LogP) is 0.949. The molecule has 10 heavy (non-hydrogen) atoms. The molecule has 0 bridgehead atoms. The number of carbonyl (C=O) groups excluding carboxylic acids is 1. The Labute approximate surface area is 61.8 Å². The van der Waals surface area contributed by atoms with Crippen LogP contribution in [0.15, 0.2) is 0 Å². The molecule has 0 radical (unpaired) electrons. The summed E-state index contributed by atoms with van der Waals surface area (Å²) in [6.45, 7) is 2.21. The van der Waals surface area contributed by atoms with Gasteiger partial charge in [-0.3, -0.25) is 0 Å². The van der Waals surface area contributed by atoms with Crippen molar-refractivity contribution < 1.29 is 4.79 Å². The molecule has 1 aliphatic carbocycles. The van der Waals surface area contributed by atoms with Crippen molar-refractivity contribution in [2.45, 2.75) is 32.2 Å². The molecule has 0 spiro atoms. The number of nitrogens with two attached hydrogens (primary N) is 1. The van der Waals surface area contributed by atoms with Crippen LogP contribution < -0.4 is 5.73 Å². The van der Waals surface area contributed by atoms with Gasteiger partial charge in [0.2, 0.25) is 0 Å². The molecule has 1 saturated carbocycles. The van der Waals surface area contributed by atoms with Crippen LogP contribution in [0.25, 0.3) is 0 Å². The Morgan fingerprint density at radius 1 is 1.80 bits per heavy atom. The molecule has 0 saturated heterocycles. The third kappa shape index (κ3) is 1.81. The van der Waals surface area contributed by atoms with Crippen molar-refractivity contribution >= 4 is 6.29 Å². The van der Waals surface area contributed by atoms with Crippen molar-refractivity contribution in [2.75, 3.05) is 0 Å². The molecular formula is C8H15NO. The summed E-state index contributed by atoms with van der Waals surface area (Å²) in [5.74, 6) is 1.52. The molecule has 2 heteroatoms. The molecule has 3 unspecified atom stereocenters. The van der Waals surface area contributed by atoms with Gasteiger partial charge in [0, 0.05) is 12.5 Å². The fourth-order valence-corrected chi connectivity index (χ4v) is 1.42. The van der Waals surface area contributed by atoms with Crippen molar-refractivity contribution in [3.05, 3.63) is 0 Å². The molecule has 0 aromatic rings. The van der Waals surface area contributed by atoms with E-state index in [1.807, 2.05) is 0 Å². The second-order valence-electron chi connectivity index (χ2n) is 3.28. The van der Waals surface area contributed by atoms with E-state index in [0.29, 0.717) is 12.3 Å². The van der Waals surface area contributed by atoms with Crippen LogP contribution in [0, 0.1) is 11.8 Å². The summed E-state index contributed by atoms with van der Waals surface area (Å²) in [5.41, 5.74) is 5.80. The molecule has 0 amide bonds. The number of aldehydes is 1. The quantitative estimate of drug-likeness (QED) is 0.592. The van der Waals surface area contributed by atoms with Crippen molar-refractivity contribution in [1.82, 2.24) is 0 Å². The number of hydrogen-bond acceptors (Lipinski definition) is 2. The topological polar surface area (TPSA) is 43.1 Å². The zero-order chi connectivity index (χ0) is 7.56. The lowest BCUT2D eigenvalue weighted by Crippen LogP contribution is -2.23. The average Bonchev–Trinajstić information content (AvgIpc) is 2.62. The van der Waals surface area contributed by atoms with Gasteiger partial charge in [-0.15, -0.1) is 0 Å². The second-order valence-corrected chi connectivity index (χ2v) is 3.28. The summed E-state index contributed by atoms with van der Waals surface area (Å²) < 4.78 is 0. The maximum Gasteiger partial charge on any atom is 0.120 e. The molecule has 58 valence electrons. The standard InChI is InChI=1S/C8H15NO/c1-6-5-7(6)8(9)3-2-4-10/h4,6-8H,2-3,5,9H2,1H3. The predicted molar refractivity (Wildman–Crippen MR) is 40.5 cm³/mol. The highest BCUT2D eigenvalue weighted by Crippen LogP contribution is 2.40. The molecule has 0 heterocycles. The third-order valence-corrected chi connectivity index (χ3v) is 2.34. The van der Waals surface area contributed by atoms with E-state index in [-0.39, 0.29) is 6.04 Å². The second kappa shape index (κ2) is 3.15. The van der Waals surface area contributed by atoms with E-state index in [2.05, 4.69) is 6.92 Å². The highest BCUT2D eigenvalue weighted by atomic mass is 16.1. The Morgan fingerprint density at radius 2 is 2.40 bits per heavy atom. The Balaban J connectivity index is 2.10. The summed E-state index contributed by atoms with van der Waals surface area (Å²) in [5, 5.41) is 0. The molecule has 3 atom stereocenters. The Bertz CT molecular complexity index is 124. The number of hydrogen-bond donors (Lipinski definition) is 1. The highest BCUT2D eigenvalue weighted by molar-refractivity contribution is 5.49. The van der Waals surface area contributed by atoms with Gasteiger partial charge in [0.25, 0.3) is 0 Å². The van der Waals surface area contributed by atoms with Crippen LogP contribution in [-0.4, -0.2) is 12.3 Å². The van der Waals surface area contributed by atoms with Crippen LogP contribution in [-0.2, 0) is 4.79 Å². The monoisotopic (exact) mass is 141 g/mol. The first-order chi connectivity index (χ1) is 4.75. The molecule has 1 fully saturated rings. The maximum atomic E-state index is 9.98. The molecule has 2 nitrogen and oxygen atoms in total. The third-order valence-electron chi connectivity index (χ3n) is 2.34. The van der Waals surface area contributed by atoms with Crippen LogP contribution in [0.2, 0.25) is 0 Å². The number of rotatable bonds is 4. The lowest BCUT2D eigenvalue weighted by molar-refractivity contribution is -0.108. The van der Waals surface area contributed by atoms with Gasteiger partial charge in [-0.05, 0) is 24.7 Å². The summed E-state index contributed by atoms with van der Waals surface area (Å²) >= 11 is 0.